The van der Waals surface area contributed by atoms with Gasteiger partial charge < -0.3 is 15.3 Å². The second kappa shape index (κ2) is 8.93. The van der Waals surface area contributed by atoms with Crippen molar-refractivity contribution in [3.63, 3.8) is 0 Å². The minimum absolute atomic E-state index is 0.192. The molecule has 0 atom stereocenters. The van der Waals surface area contributed by atoms with E-state index in [0.29, 0.717) is 0 Å². The summed E-state index contributed by atoms with van der Waals surface area (Å²) in [5, 5.41) is 28.3. The van der Waals surface area contributed by atoms with Crippen molar-refractivity contribution in [3.8, 4) is 11.5 Å². The van der Waals surface area contributed by atoms with Gasteiger partial charge in [0.05, 0.1) is 0 Å². The molecule has 0 radical (unpaired) electrons. The van der Waals surface area contributed by atoms with E-state index >= 15 is 0 Å². The molecule has 0 unspecified atom stereocenters. The number of phenols is 2. The number of aromatic hydroxyl groups is 2. The molecule has 3 aromatic rings. The lowest BCUT2D eigenvalue weighted by molar-refractivity contribution is -0.131. The monoisotopic (exact) mass is 386 g/mol. The molecule has 4 nitrogen and oxygen atoms in total. The summed E-state index contributed by atoms with van der Waals surface area (Å²) in [5.41, 5.74) is 5.73. The Labute approximate surface area is 169 Å². The third-order valence-corrected chi connectivity index (χ3v) is 4.62. The number of rotatable bonds is 6. The van der Waals surface area contributed by atoms with Crippen LogP contribution in [0.2, 0.25) is 0 Å². The Morgan fingerprint density at radius 2 is 1.38 bits per heavy atom. The van der Waals surface area contributed by atoms with Crippen LogP contribution < -0.4 is 0 Å². The summed E-state index contributed by atoms with van der Waals surface area (Å²) in [6.45, 7) is 2.07. The van der Waals surface area contributed by atoms with Gasteiger partial charge in [-0.15, -0.1) is 0 Å². The molecule has 0 aliphatic heterocycles. The van der Waals surface area contributed by atoms with E-state index in [1.54, 1.807) is 30.3 Å². The van der Waals surface area contributed by atoms with Crippen LogP contribution in [0.4, 0.5) is 0 Å². The molecule has 0 heterocycles. The van der Waals surface area contributed by atoms with E-state index in [4.69, 9.17) is 5.11 Å². The SMILES string of the molecule is CCC(=C(c1ccc(O)cc1)c1ccc(O)cc1)c1cccc(/C=C/C(=O)O)c1. The van der Waals surface area contributed by atoms with Gasteiger partial charge in [-0.1, -0.05) is 49.4 Å². The Morgan fingerprint density at radius 3 is 1.86 bits per heavy atom. The summed E-state index contributed by atoms with van der Waals surface area (Å²) >= 11 is 0. The van der Waals surface area contributed by atoms with Gasteiger partial charge in [-0.2, -0.15) is 0 Å². The molecule has 146 valence electrons. The quantitative estimate of drug-likeness (QED) is 0.383. The molecular weight excluding hydrogens is 364 g/mol. The summed E-state index contributed by atoms with van der Waals surface area (Å²) in [6, 6.07) is 21.8. The van der Waals surface area contributed by atoms with Crippen LogP contribution in [0.5, 0.6) is 11.5 Å². The van der Waals surface area contributed by atoms with Gasteiger partial charge in [0, 0.05) is 6.08 Å². The van der Waals surface area contributed by atoms with Gasteiger partial charge in [0.25, 0.3) is 0 Å². The molecule has 3 N–H and O–H groups in total. The average Bonchev–Trinajstić information content (AvgIpc) is 2.72. The number of carboxylic acid groups (broad SMARTS) is 1. The van der Waals surface area contributed by atoms with Gasteiger partial charge in [0.2, 0.25) is 0 Å². The largest absolute Gasteiger partial charge is 0.508 e. The highest BCUT2D eigenvalue weighted by Crippen LogP contribution is 2.35. The van der Waals surface area contributed by atoms with Crippen molar-refractivity contribution in [1.82, 2.24) is 0 Å². The van der Waals surface area contributed by atoms with Crippen molar-refractivity contribution < 1.29 is 20.1 Å². The second-order valence-electron chi connectivity index (χ2n) is 6.60. The van der Waals surface area contributed by atoms with Gasteiger partial charge in [0.15, 0.2) is 0 Å². The molecule has 3 aromatic carbocycles. The fourth-order valence-corrected chi connectivity index (χ4v) is 3.29. The maximum Gasteiger partial charge on any atom is 0.328 e. The first-order valence-corrected chi connectivity index (χ1v) is 9.31. The molecule has 0 bridgehead atoms. The van der Waals surface area contributed by atoms with Crippen LogP contribution in [-0.2, 0) is 4.79 Å². The van der Waals surface area contributed by atoms with Crippen molar-refractivity contribution in [3.05, 3.63) is 101 Å². The zero-order chi connectivity index (χ0) is 20.8. The minimum atomic E-state index is -0.990. The zero-order valence-corrected chi connectivity index (χ0v) is 16.0. The molecule has 0 amide bonds. The lowest BCUT2D eigenvalue weighted by atomic mass is 9.87. The number of hydrogen-bond acceptors (Lipinski definition) is 3. The molecule has 29 heavy (non-hydrogen) atoms. The second-order valence-corrected chi connectivity index (χ2v) is 6.60. The first kappa shape index (κ1) is 20.0. The number of phenolic OH excluding ortho intramolecular Hbond substituents is 2. The van der Waals surface area contributed by atoms with Gasteiger partial charge >= 0.3 is 5.97 Å². The fraction of sp³-hybridized carbons (Fsp3) is 0.0800. The van der Waals surface area contributed by atoms with Crippen molar-refractivity contribution in [1.29, 1.82) is 0 Å². The maximum absolute atomic E-state index is 10.8. The van der Waals surface area contributed by atoms with Crippen molar-refractivity contribution in [2.24, 2.45) is 0 Å². The summed E-state index contributed by atoms with van der Waals surface area (Å²) < 4.78 is 0. The van der Waals surface area contributed by atoms with Crippen LogP contribution >= 0.6 is 0 Å². The van der Waals surface area contributed by atoms with E-state index < -0.39 is 5.97 Å². The van der Waals surface area contributed by atoms with Crippen LogP contribution in [0.3, 0.4) is 0 Å². The summed E-state index contributed by atoms with van der Waals surface area (Å²) in [6.07, 6.45) is 3.43. The minimum Gasteiger partial charge on any atom is -0.508 e. The van der Waals surface area contributed by atoms with Gasteiger partial charge in [0.1, 0.15) is 11.5 Å². The highest BCUT2D eigenvalue weighted by atomic mass is 16.4. The van der Waals surface area contributed by atoms with Crippen LogP contribution in [0, 0.1) is 0 Å². The van der Waals surface area contributed by atoms with E-state index in [1.165, 1.54) is 0 Å². The highest BCUT2D eigenvalue weighted by molar-refractivity contribution is 5.99. The molecule has 0 saturated carbocycles. The predicted molar refractivity (Wildman–Crippen MR) is 116 cm³/mol. The molecule has 0 aliphatic carbocycles. The zero-order valence-electron chi connectivity index (χ0n) is 16.0. The maximum atomic E-state index is 10.8. The molecule has 0 fully saturated rings. The normalized spacial score (nSPS) is 10.8. The van der Waals surface area contributed by atoms with Gasteiger partial charge in [-0.05, 0) is 76.2 Å². The average molecular weight is 386 g/mol. The molecular formula is C25H22O4. The number of hydrogen-bond donors (Lipinski definition) is 3. The summed E-state index contributed by atoms with van der Waals surface area (Å²) in [7, 11) is 0. The fourth-order valence-electron chi connectivity index (χ4n) is 3.29. The Morgan fingerprint density at radius 1 is 0.828 bits per heavy atom. The van der Waals surface area contributed by atoms with Gasteiger partial charge in [-0.25, -0.2) is 4.79 Å². The summed E-state index contributed by atoms with van der Waals surface area (Å²) in [4.78, 5) is 10.8. The van der Waals surface area contributed by atoms with E-state index in [2.05, 4.69) is 6.92 Å². The smallest absolute Gasteiger partial charge is 0.328 e. The topological polar surface area (TPSA) is 77.8 Å². The molecule has 0 spiro atoms. The Balaban J connectivity index is 2.22. The summed E-state index contributed by atoms with van der Waals surface area (Å²) in [5.74, 6) is -0.606. The number of allylic oxidation sites excluding steroid dienone is 1. The number of benzene rings is 3. The van der Waals surface area contributed by atoms with E-state index in [-0.39, 0.29) is 11.5 Å². The lowest BCUT2D eigenvalue weighted by Gasteiger charge is -2.17. The van der Waals surface area contributed by atoms with Crippen LogP contribution in [0.25, 0.3) is 17.2 Å². The number of carbonyl (C=O) groups is 1. The van der Waals surface area contributed by atoms with E-state index in [0.717, 1.165) is 45.9 Å². The first-order chi connectivity index (χ1) is 14.0. The number of aliphatic carboxylic acids is 1. The third-order valence-electron chi connectivity index (χ3n) is 4.62. The van der Waals surface area contributed by atoms with Crippen LogP contribution in [-0.4, -0.2) is 21.3 Å². The number of carboxylic acids is 1. The van der Waals surface area contributed by atoms with Crippen LogP contribution in [0.1, 0.15) is 35.6 Å². The standard InChI is InChI=1S/C25H22O4/c1-2-23(20-5-3-4-17(16-20)6-15-24(28)29)25(18-7-11-21(26)12-8-18)19-9-13-22(27)14-10-19/h3-16,26-27H,2H2,1H3,(H,28,29)/b15-6+. The van der Waals surface area contributed by atoms with Crippen molar-refractivity contribution in [2.75, 3.05) is 0 Å². The van der Waals surface area contributed by atoms with Gasteiger partial charge in [-0.3, -0.25) is 0 Å². The molecule has 4 heteroatoms. The van der Waals surface area contributed by atoms with E-state index in [1.807, 2.05) is 48.5 Å². The Kier molecular flexibility index (Phi) is 6.15. The van der Waals surface area contributed by atoms with E-state index in [9.17, 15) is 15.0 Å². The molecule has 0 aliphatic rings. The predicted octanol–water partition coefficient (Wildman–Crippen LogP) is 5.56. The van der Waals surface area contributed by atoms with Crippen molar-refractivity contribution >= 4 is 23.2 Å². The first-order valence-electron chi connectivity index (χ1n) is 9.31. The van der Waals surface area contributed by atoms with Crippen LogP contribution in [0.15, 0.2) is 78.9 Å². The third kappa shape index (κ3) is 4.93. The lowest BCUT2D eigenvalue weighted by Crippen LogP contribution is -1.95. The Hall–Kier alpha value is -3.79. The molecule has 0 aromatic heterocycles. The molecule has 3 rings (SSSR count). The van der Waals surface area contributed by atoms with Crippen molar-refractivity contribution in [2.45, 2.75) is 13.3 Å². The highest BCUT2D eigenvalue weighted by Gasteiger charge is 2.13. The Bertz CT molecular complexity index is 1010. The molecule has 0 saturated heterocycles.